The van der Waals surface area contributed by atoms with Gasteiger partial charge in [-0.05, 0) is 31.9 Å². The molecule has 0 radical (unpaired) electrons. The number of ether oxygens (including phenoxy) is 1. The predicted molar refractivity (Wildman–Crippen MR) is 80.4 cm³/mol. The van der Waals surface area contributed by atoms with Gasteiger partial charge in [0.25, 0.3) is 0 Å². The summed E-state index contributed by atoms with van der Waals surface area (Å²) in [7, 11) is 1.48. The smallest absolute Gasteiger partial charge is 0.309 e. The number of methoxy groups -OCH3 is 1. The zero-order chi connectivity index (χ0) is 14.5. The second kappa shape index (κ2) is 6.89. The fraction of sp³-hybridized carbons (Fsp3) is 0.588. The SMILES string of the molecule is COC(=O)[C@H](C)[C@H]1CCCCN1[C@@H](C)c1ccccc1. The van der Waals surface area contributed by atoms with Gasteiger partial charge in [-0.3, -0.25) is 9.69 Å². The summed E-state index contributed by atoms with van der Waals surface area (Å²) in [4.78, 5) is 14.3. The minimum Gasteiger partial charge on any atom is -0.469 e. The lowest BCUT2D eigenvalue weighted by atomic mass is 9.89. The lowest BCUT2D eigenvalue weighted by Gasteiger charge is -2.42. The average molecular weight is 275 g/mol. The fourth-order valence-electron chi connectivity index (χ4n) is 3.26. The van der Waals surface area contributed by atoms with Crippen LogP contribution in [0.25, 0.3) is 0 Å². The molecule has 20 heavy (non-hydrogen) atoms. The van der Waals surface area contributed by atoms with Crippen molar-refractivity contribution in [2.45, 2.75) is 45.2 Å². The number of likely N-dealkylation sites (tertiary alicyclic amines) is 1. The van der Waals surface area contributed by atoms with Crippen molar-refractivity contribution in [3.8, 4) is 0 Å². The van der Waals surface area contributed by atoms with Gasteiger partial charge in [0.2, 0.25) is 0 Å². The predicted octanol–water partition coefficient (Wildman–Crippen LogP) is 3.41. The van der Waals surface area contributed by atoms with Crippen LogP contribution in [0.1, 0.15) is 44.7 Å². The second-order valence-electron chi connectivity index (χ2n) is 5.70. The minimum absolute atomic E-state index is 0.0635. The van der Waals surface area contributed by atoms with E-state index >= 15 is 0 Å². The van der Waals surface area contributed by atoms with Gasteiger partial charge >= 0.3 is 5.97 Å². The molecular formula is C17H25NO2. The van der Waals surface area contributed by atoms with E-state index in [1.165, 1.54) is 25.5 Å². The van der Waals surface area contributed by atoms with E-state index in [4.69, 9.17) is 4.74 Å². The Morgan fingerprint density at radius 1 is 1.25 bits per heavy atom. The highest BCUT2D eigenvalue weighted by Gasteiger charge is 2.34. The van der Waals surface area contributed by atoms with Crippen molar-refractivity contribution in [3.63, 3.8) is 0 Å². The molecule has 0 N–H and O–H groups in total. The summed E-state index contributed by atoms with van der Waals surface area (Å²) < 4.78 is 4.93. The van der Waals surface area contributed by atoms with Crippen LogP contribution in [0.2, 0.25) is 0 Å². The Labute approximate surface area is 121 Å². The minimum atomic E-state index is -0.0952. The Bertz CT molecular complexity index is 432. The summed E-state index contributed by atoms with van der Waals surface area (Å²) in [6, 6.07) is 11.2. The van der Waals surface area contributed by atoms with Crippen molar-refractivity contribution < 1.29 is 9.53 Å². The summed E-state index contributed by atoms with van der Waals surface area (Å²) in [5.74, 6) is -0.159. The maximum atomic E-state index is 11.9. The normalized spacial score (nSPS) is 23.1. The molecule has 0 bridgehead atoms. The van der Waals surface area contributed by atoms with Gasteiger partial charge in [-0.2, -0.15) is 0 Å². The molecule has 1 aromatic rings. The molecule has 110 valence electrons. The van der Waals surface area contributed by atoms with Gasteiger partial charge in [-0.1, -0.05) is 43.7 Å². The summed E-state index contributed by atoms with van der Waals surface area (Å²) in [5.41, 5.74) is 1.32. The van der Waals surface area contributed by atoms with Gasteiger partial charge in [0, 0.05) is 12.1 Å². The number of benzene rings is 1. The lowest BCUT2D eigenvalue weighted by Crippen LogP contribution is -2.47. The summed E-state index contributed by atoms with van der Waals surface area (Å²) >= 11 is 0. The van der Waals surface area contributed by atoms with Gasteiger partial charge in [0.15, 0.2) is 0 Å². The molecule has 3 heteroatoms. The zero-order valence-corrected chi connectivity index (χ0v) is 12.7. The molecule has 2 rings (SSSR count). The molecule has 0 spiro atoms. The maximum Gasteiger partial charge on any atom is 0.309 e. The van der Waals surface area contributed by atoms with Crippen LogP contribution in [0.15, 0.2) is 30.3 Å². The van der Waals surface area contributed by atoms with Crippen LogP contribution in [0.5, 0.6) is 0 Å². The topological polar surface area (TPSA) is 29.5 Å². The Hall–Kier alpha value is -1.35. The van der Waals surface area contributed by atoms with E-state index in [1.807, 2.05) is 13.0 Å². The van der Waals surface area contributed by atoms with E-state index in [9.17, 15) is 4.79 Å². The molecule has 3 atom stereocenters. The van der Waals surface area contributed by atoms with Gasteiger partial charge in [0.1, 0.15) is 0 Å². The van der Waals surface area contributed by atoms with Crippen LogP contribution in [0.4, 0.5) is 0 Å². The van der Waals surface area contributed by atoms with Crippen LogP contribution >= 0.6 is 0 Å². The zero-order valence-electron chi connectivity index (χ0n) is 12.7. The first kappa shape index (κ1) is 15.0. The molecule has 0 amide bonds. The lowest BCUT2D eigenvalue weighted by molar-refractivity contribution is -0.148. The second-order valence-corrected chi connectivity index (χ2v) is 5.70. The summed E-state index contributed by atoms with van der Waals surface area (Å²) in [6.45, 7) is 5.28. The van der Waals surface area contributed by atoms with Crippen molar-refractivity contribution in [1.82, 2.24) is 4.90 Å². The molecule has 1 fully saturated rings. The number of hydrogen-bond acceptors (Lipinski definition) is 3. The average Bonchev–Trinajstić information content (AvgIpc) is 2.53. The molecule has 1 heterocycles. The summed E-state index contributed by atoms with van der Waals surface area (Å²) in [6.07, 6.45) is 3.49. The molecule has 1 aromatic carbocycles. The molecule has 0 unspecified atom stereocenters. The summed E-state index contributed by atoms with van der Waals surface area (Å²) in [5, 5.41) is 0. The van der Waals surface area contributed by atoms with Crippen LogP contribution in [-0.2, 0) is 9.53 Å². The number of rotatable bonds is 4. The van der Waals surface area contributed by atoms with Crippen LogP contribution in [0, 0.1) is 5.92 Å². The number of hydrogen-bond donors (Lipinski definition) is 0. The molecule has 3 nitrogen and oxygen atoms in total. The first-order valence-electron chi connectivity index (χ1n) is 7.53. The van der Waals surface area contributed by atoms with E-state index in [1.54, 1.807) is 0 Å². The Kier molecular flexibility index (Phi) is 5.18. The monoisotopic (exact) mass is 275 g/mol. The molecule has 1 saturated heterocycles. The number of esters is 1. The van der Waals surface area contributed by atoms with E-state index in [2.05, 4.69) is 36.1 Å². The molecular weight excluding hydrogens is 250 g/mol. The highest BCUT2D eigenvalue weighted by Crippen LogP contribution is 2.32. The van der Waals surface area contributed by atoms with Crippen molar-refractivity contribution >= 4 is 5.97 Å². The third-order valence-electron chi connectivity index (χ3n) is 4.52. The van der Waals surface area contributed by atoms with Crippen molar-refractivity contribution in [3.05, 3.63) is 35.9 Å². The van der Waals surface area contributed by atoms with Crippen LogP contribution < -0.4 is 0 Å². The Morgan fingerprint density at radius 3 is 2.60 bits per heavy atom. The third-order valence-corrected chi connectivity index (χ3v) is 4.52. The van der Waals surface area contributed by atoms with E-state index < -0.39 is 0 Å². The first-order chi connectivity index (χ1) is 9.65. The maximum absolute atomic E-state index is 11.9. The highest BCUT2D eigenvalue weighted by atomic mass is 16.5. The van der Waals surface area contributed by atoms with Crippen molar-refractivity contribution in [1.29, 1.82) is 0 Å². The number of carbonyl (C=O) groups is 1. The molecule has 0 aliphatic carbocycles. The largest absolute Gasteiger partial charge is 0.469 e. The highest BCUT2D eigenvalue weighted by molar-refractivity contribution is 5.72. The van der Waals surface area contributed by atoms with Gasteiger partial charge in [-0.15, -0.1) is 0 Å². The van der Waals surface area contributed by atoms with Crippen molar-refractivity contribution in [2.24, 2.45) is 5.92 Å². The van der Waals surface area contributed by atoms with Crippen LogP contribution in [0.3, 0.4) is 0 Å². The Balaban J connectivity index is 2.16. The quantitative estimate of drug-likeness (QED) is 0.789. The van der Waals surface area contributed by atoms with Crippen molar-refractivity contribution in [2.75, 3.05) is 13.7 Å². The third kappa shape index (κ3) is 3.21. The van der Waals surface area contributed by atoms with Gasteiger partial charge < -0.3 is 4.74 Å². The van der Waals surface area contributed by atoms with E-state index in [0.717, 1.165) is 13.0 Å². The van der Waals surface area contributed by atoms with E-state index in [0.29, 0.717) is 6.04 Å². The number of carbonyl (C=O) groups excluding carboxylic acids is 1. The standard InChI is InChI=1S/C17H25NO2/c1-13(17(19)20-3)16-11-7-8-12-18(16)14(2)15-9-5-4-6-10-15/h4-6,9-10,13-14,16H,7-8,11-12H2,1-3H3/t13-,14+,16-/m1/s1. The van der Waals surface area contributed by atoms with Gasteiger partial charge in [-0.25, -0.2) is 0 Å². The number of piperidine rings is 1. The molecule has 0 saturated carbocycles. The Morgan fingerprint density at radius 2 is 1.95 bits per heavy atom. The van der Waals surface area contributed by atoms with Gasteiger partial charge in [0.05, 0.1) is 13.0 Å². The molecule has 1 aliphatic heterocycles. The fourth-order valence-corrected chi connectivity index (χ4v) is 3.26. The van der Waals surface area contributed by atoms with Crippen LogP contribution in [-0.4, -0.2) is 30.6 Å². The molecule has 1 aliphatic rings. The number of nitrogens with zero attached hydrogens (tertiary/aromatic N) is 1. The molecule has 0 aromatic heterocycles. The van der Waals surface area contributed by atoms with E-state index in [-0.39, 0.29) is 17.9 Å². The first-order valence-corrected chi connectivity index (χ1v) is 7.53.